The van der Waals surface area contributed by atoms with Crippen LogP contribution in [0.4, 0.5) is 5.95 Å². The van der Waals surface area contributed by atoms with Crippen molar-refractivity contribution in [3.05, 3.63) is 17.3 Å². The Morgan fingerprint density at radius 3 is 3.00 bits per heavy atom. The average Bonchev–Trinajstić information content (AvgIpc) is 2.87. The molecule has 0 aliphatic carbocycles. The van der Waals surface area contributed by atoms with Crippen LogP contribution in [0.5, 0.6) is 0 Å². The fourth-order valence-electron chi connectivity index (χ4n) is 1.32. The Kier molecular flexibility index (Phi) is 2.45. The highest BCUT2D eigenvalue weighted by Gasteiger charge is 2.12. The first-order valence-electron chi connectivity index (χ1n) is 4.71. The Bertz CT molecular complexity index is 677. The summed E-state index contributed by atoms with van der Waals surface area (Å²) in [5.41, 5.74) is 5.65. The fourth-order valence-corrected chi connectivity index (χ4v) is 2.98. The highest BCUT2D eigenvalue weighted by Crippen LogP contribution is 2.33. The highest BCUT2D eigenvalue weighted by atomic mass is 32.2. The Morgan fingerprint density at radius 1 is 1.35 bits per heavy atom. The van der Waals surface area contributed by atoms with Gasteiger partial charge in [0.1, 0.15) is 9.86 Å². The number of hydrogen-bond donors (Lipinski definition) is 1. The molecule has 86 valence electrons. The van der Waals surface area contributed by atoms with Crippen molar-refractivity contribution in [2.75, 3.05) is 5.73 Å². The molecule has 0 unspecified atom stereocenters. The van der Waals surface area contributed by atoms with E-state index >= 15 is 0 Å². The quantitative estimate of drug-likeness (QED) is 0.709. The summed E-state index contributed by atoms with van der Waals surface area (Å²) in [6, 6.07) is 1.95. The normalized spacial score (nSPS) is 11.1. The van der Waals surface area contributed by atoms with Crippen LogP contribution in [0, 0.1) is 6.92 Å². The molecular formula is C9H7N5OS2. The molecule has 0 aromatic carbocycles. The molecule has 0 aliphatic heterocycles. The van der Waals surface area contributed by atoms with Crippen LogP contribution in [0.1, 0.15) is 5.89 Å². The predicted molar refractivity (Wildman–Crippen MR) is 65.0 cm³/mol. The van der Waals surface area contributed by atoms with Gasteiger partial charge in [-0.15, -0.1) is 21.5 Å². The molecule has 3 aromatic rings. The summed E-state index contributed by atoms with van der Waals surface area (Å²) in [6.07, 6.45) is 0. The Labute approximate surface area is 104 Å². The number of fused-ring (bicyclic) bond motifs is 1. The van der Waals surface area contributed by atoms with Crippen LogP contribution in [0.2, 0.25) is 0 Å². The van der Waals surface area contributed by atoms with E-state index in [1.165, 1.54) is 23.1 Å². The van der Waals surface area contributed by atoms with Crippen LogP contribution in [0.25, 0.3) is 10.2 Å². The van der Waals surface area contributed by atoms with Gasteiger partial charge in [0.05, 0.1) is 0 Å². The zero-order valence-electron chi connectivity index (χ0n) is 8.75. The second kappa shape index (κ2) is 3.97. The van der Waals surface area contributed by atoms with Gasteiger partial charge < -0.3 is 10.2 Å². The van der Waals surface area contributed by atoms with E-state index in [0.717, 1.165) is 15.2 Å². The minimum absolute atomic E-state index is 0.249. The van der Waals surface area contributed by atoms with Crippen molar-refractivity contribution in [3.63, 3.8) is 0 Å². The van der Waals surface area contributed by atoms with E-state index in [1.54, 1.807) is 6.92 Å². The van der Waals surface area contributed by atoms with Gasteiger partial charge in [0.15, 0.2) is 0 Å². The molecule has 8 heteroatoms. The molecule has 3 aromatic heterocycles. The summed E-state index contributed by atoms with van der Waals surface area (Å²) in [4.78, 5) is 9.19. The Morgan fingerprint density at radius 2 is 2.24 bits per heavy atom. The van der Waals surface area contributed by atoms with E-state index in [2.05, 4.69) is 20.2 Å². The topological polar surface area (TPSA) is 90.7 Å². The van der Waals surface area contributed by atoms with Crippen LogP contribution < -0.4 is 5.73 Å². The summed E-state index contributed by atoms with van der Waals surface area (Å²) in [6.45, 7) is 1.74. The Hall–Kier alpha value is -1.67. The molecule has 0 atom stereocenters. The van der Waals surface area contributed by atoms with E-state index in [-0.39, 0.29) is 5.95 Å². The number of nitrogen functional groups attached to an aromatic ring is 1. The number of hydrogen-bond acceptors (Lipinski definition) is 8. The third kappa shape index (κ3) is 1.96. The number of nitrogens with zero attached hydrogens (tertiary/aromatic N) is 4. The SMILES string of the molecule is Cc1nnc(Sc2nc(N)nc3sccc23)o1. The molecule has 0 fully saturated rings. The minimum atomic E-state index is 0.249. The van der Waals surface area contributed by atoms with Gasteiger partial charge in [-0.2, -0.15) is 0 Å². The van der Waals surface area contributed by atoms with Crippen molar-refractivity contribution < 1.29 is 4.42 Å². The number of thiophene rings is 1. The third-order valence-electron chi connectivity index (χ3n) is 2.00. The molecule has 0 spiro atoms. The van der Waals surface area contributed by atoms with Crippen LogP contribution in [-0.2, 0) is 0 Å². The predicted octanol–water partition coefficient (Wildman–Crippen LogP) is 2.12. The maximum atomic E-state index is 5.65. The molecule has 0 bridgehead atoms. The first-order valence-corrected chi connectivity index (χ1v) is 6.40. The molecule has 2 N–H and O–H groups in total. The number of rotatable bonds is 2. The second-order valence-corrected chi connectivity index (χ2v) is 5.05. The zero-order valence-corrected chi connectivity index (χ0v) is 10.4. The van der Waals surface area contributed by atoms with Crippen molar-refractivity contribution in [3.8, 4) is 0 Å². The molecule has 0 amide bonds. The average molecular weight is 265 g/mol. The van der Waals surface area contributed by atoms with Crippen molar-refractivity contribution in [1.29, 1.82) is 0 Å². The number of aryl methyl sites for hydroxylation is 1. The first-order chi connectivity index (χ1) is 8.22. The largest absolute Gasteiger partial charge is 0.416 e. The summed E-state index contributed by atoms with van der Waals surface area (Å²) in [5, 5.41) is 11.8. The van der Waals surface area contributed by atoms with Gasteiger partial charge in [0.2, 0.25) is 11.8 Å². The molecular weight excluding hydrogens is 258 g/mol. The van der Waals surface area contributed by atoms with E-state index < -0.39 is 0 Å². The molecule has 3 rings (SSSR count). The van der Waals surface area contributed by atoms with Gasteiger partial charge in [0, 0.05) is 12.3 Å². The molecule has 0 aliphatic rings. The van der Waals surface area contributed by atoms with Gasteiger partial charge in [-0.1, -0.05) is 0 Å². The molecule has 0 saturated carbocycles. The summed E-state index contributed by atoms with van der Waals surface area (Å²) < 4.78 is 5.30. The van der Waals surface area contributed by atoms with Gasteiger partial charge in [-0.3, -0.25) is 0 Å². The molecule has 0 saturated heterocycles. The summed E-state index contributed by atoms with van der Waals surface area (Å²) >= 11 is 2.81. The van der Waals surface area contributed by atoms with Crippen molar-refractivity contribution >= 4 is 39.3 Å². The number of nitrogens with two attached hydrogens (primary N) is 1. The third-order valence-corrected chi connectivity index (χ3v) is 3.65. The molecule has 6 nitrogen and oxygen atoms in total. The van der Waals surface area contributed by atoms with Gasteiger partial charge >= 0.3 is 0 Å². The first kappa shape index (κ1) is 10.5. The van der Waals surface area contributed by atoms with Crippen molar-refractivity contribution in [1.82, 2.24) is 20.2 Å². The van der Waals surface area contributed by atoms with E-state index in [1.807, 2.05) is 11.4 Å². The van der Waals surface area contributed by atoms with Crippen LogP contribution in [0.15, 0.2) is 26.1 Å². The molecule has 0 radical (unpaired) electrons. The lowest BCUT2D eigenvalue weighted by atomic mass is 10.4. The van der Waals surface area contributed by atoms with Crippen LogP contribution in [-0.4, -0.2) is 20.2 Å². The molecule has 3 heterocycles. The lowest BCUT2D eigenvalue weighted by Gasteiger charge is -1.99. The van der Waals surface area contributed by atoms with E-state index in [4.69, 9.17) is 10.2 Å². The lowest BCUT2D eigenvalue weighted by molar-refractivity contribution is 0.429. The van der Waals surface area contributed by atoms with Crippen molar-refractivity contribution in [2.45, 2.75) is 17.2 Å². The smallest absolute Gasteiger partial charge is 0.282 e. The minimum Gasteiger partial charge on any atom is -0.416 e. The number of aromatic nitrogens is 4. The van der Waals surface area contributed by atoms with Crippen LogP contribution in [0.3, 0.4) is 0 Å². The number of anilines is 1. The standard InChI is InChI=1S/C9H7N5OS2/c1-4-13-14-9(15-4)17-7-5-2-3-16-6(5)11-8(10)12-7/h2-3H,1H3,(H2,10,11,12). The van der Waals surface area contributed by atoms with E-state index in [0.29, 0.717) is 11.1 Å². The second-order valence-electron chi connectivity index (χ2n) is 3.22. The summed E-state index contributed by atoms with van der Waals surface area (Å²) in [5.74, 6) is 0.773. The summed E-state index contributed by atoms with van der Waals surface area (Å²) in [7, 11) is 0. The molecule has 17 heavy (non-hydrogen) atoms. The highest BCUT2D eigenvalue weighted by molar-refractivity contribution is 7.99. The maximum Gasteiger partial charge on any atom is 0.282 e. The van der Waals surface area contributed by atoms with Crippen molar-refractivity contribution in [2.24, 2.45) is 0 Å². The van der Waals surface area contributed by atoms with E-state index in [9.17, 15) is 0 Å². The Balaban J connectivity index is 2.07. The van der Waals surface area contributed by atoms with Crippen LogP contribution >= 0.6 is 23.1 Å². The van der Waals surface area contributed by atoms with Gasteiger partial charge in [-0.05, 0) is 23.2 Å². The maximum absolute atomic E-state index is 5.65. The zero-order chi connectivity index (χ0) is 11.8. The van der Waals surface area contributed by atoms with Gasteiger partial charge in [-0.25, -0.2) is 9.97 Å². The fraction of sp³-hybridized carbons (Fsp3) is 0.111. The monoisotopic (exact) mass is 265 g/mol. The van der Waals surface area contributed by atoms with Gasteiger partial charge in [0.25, 0.3) is 5.22 Å². The lowest BCUT2D eigenvalue weighted by Crippen LogP contribution is -1.95.